The van der Waals surface area contributed by atoms with Crippen LogP contribution in [0.15, 0.2) is 54.6 Å². The van der Waals surface area contributed by atoms with Gasteiger partial charge in [0.25, 0.3) is 0 Å². The van der Waals surface area contributed by atoms with Gasteiger partial charge >= 0.3 is 0 Å². The van der Waals surface area contributed by atoms with Gasteiger partial charge < -0.3 is 10.1 Å². The van der Waals surface area contributed by atoms with E-state index in [0.717, 1.165) is 31.7 Å². The van der Waals surface area contributed by atoms with E-state index < -0.39 is 0 Å². The molecule has 0 spiro atoms. The molecule has 0 aliphatic heterocycles. The van der Waals surface area contributed by atoms with Gasteiger partial charge in [-0.05, 0) is 61.0 Å². The normalized spacial score (nSPS) is 12.3. The number of rotatable bonds is 9. The highest BCUT2D eigenvalue weighted by Crippen LogP contribution is 2.17. The molecule has 23 heavy (non-hydrogen) atoms. The molecule has 124 valence electrons. The van der Waals surface area contributed by atoms with Crippen LogP contribution in [0.1, 0.15) is 25.0 Å². The van der Waals surface area contributed by atoms with Gasteiger partial charge in [0.05, 0.1) is 7.11 Å². The minimum absolute atomic E-state index is 0.601. The molecule has 1 N–H and O–H groups in total. The summed E-state index contributed by atoms with van der Waals surface area (Å²) in [6.07, 6.45) is 2.20. The van der Waals surface area contributed by atoms with Crippen LogP contribution < -0.4 is 10.1 Å². The van der Waals surface area contributed by atoms with Gasteiger partial charge in [-0.15, -0.1) is 0 Å². The molecule has 2 rings (SSSR count). The number of hydrogen-bond donors (Lipinski definition) is 1. The van der Waals surface area contributed by atoms with Crippen LogP contribution in [-0.4, -0.2) is 20.2 Å². The van der Waals surface area contributed by atoms with Gasteiger partial charge in [-0.3, -0.25) is 0 Å². The Hall–Kier alpha value is -1.80. The molecule has 0 aliphatic carbocycles. The Labute approximate surface area is 140 Å². The van der Waals surface area contributed by atoms with Crippen molar-refractivity contribution in [1.82, 2.24) is 5.32 Å². The SMILES string of the molecule is COc1ccc(CC(CNCC(C)C)Cc2ccccc2)cc1. The minimum Gasteiger partial charge on any atom is -0.497 e. The maximum atomic E-state index is 5.25. The van der Waals surface area contributed by atoms with Crippen molar-refractivity contribution in [3.63, 3.8) is 0 Å². The standard InChI is InChI=1S/C21H29NO/c1-17(2)15-22-16-20(13-18-7-5-4-6-8-18)14-19-9-11-21(23-3)12-10-19/h4-12,17,20,22H,13-16H2,1-3H3. The van der Waals surface area contributed by atoms with E-state index in [0.29, 0.717) is 11.8 Å². The molecule has 0 heterocycles. The third-order valence-corrected chi connectivity index (χ3v) is 4.04. The minimum atomic E-state index is 0.601. The lowest BCUT2D eigenvalue weighted by Gasteiger charge is -2.19. The molecule has 0 amide bonds. The Morgan fingerprint density at radius 3 is 2.00 bits per heavy atom. The smallest absolute Gasteiger partial charge is 0.118 e. The molecule has 0 saturated carbocycles. The van der Waals surface area contributed by atoms with Crippen molar-refractivity contribution < 1.29 is 4.74 Å². The van der Waals surface area contributed by atoms with Crippen molar-refractivity contribution in [2.24, 2.45) is 11.8 Å². The zero-order chi connectivity index (χ0) is 16.5. The molecule has 1 unspecified atom stereocenters. The molecule has 0 bridgehead atoms. The van der Waals surface area contributed by atoms with Gasteiger partial charge in [0, 0.05) is 0 Å². The van der Waals surface area contributed by atoms with Crippen LogP contribution in [0.5, 0.6) is 5.75 Å². The Morgan fingerprint density at radius 1 is 0.826 bits per heavy atom. The lowest BCUT2D eigenvalue weighted by atomic mass is 9.92. The average Bonchev–Trinajstić information content (AvgIpc) is 2.56. The van der Waals surface area contributed by atoms with Gasteiger partial charge in [-0.25, -0.2) is 0 Å². The number of benzene rings is 2. The molecule has 2 aromatic carbocycles. The Balaban J connectivity index is 1.99. The fourth-order valence-corrected chi connectivity index (χ4v) is 2.84. The number of hydrogen-bond acceptors (Lipinski definition) is 2. The first-order chi connectivity index (χ1) is 11.2. The van der Waals surface area contributed by atoms with E-state index in [1.54, 1.807) is 7.11 Å². The predicted octanol–water partition coefficient (Wildman–Crippen LogP) is 4.34. The average molecular weight is 311 g/mol. The fourth-order valence-electron chi connectivity index (χ4n) is 2.84. The predicted molar refractivity (Wildman–Crippen MR) is 98.0 cm³/mol. The molecule has 2 nitrogen and oxygen atoms in total. The summed E-state index contributed by atoms with van der Waals surface area (Å²) in [5, 5.41) is 3.62. The molecule has 0 aromatic heterocycles. The quantitative estimate of drug-likeness (QED) is 0.743. The van der Waals surface area contributed by atoms with Crippen molar-refractivity contribution in [2.75, 3.05) is 20.2 Å². The summed E-state index contributed by atoms with van der Waals surface area (Å²) in [4.78, 5) is 0. The zero-order valence-corrected chi connectivity index (χ0v) is 14.6. The first kappa shape index (κ1) is 17.6. The Morgan fingerprint density at radius 2 is 1.43 bits per heavy atom. The molecule has 0 aliphatic rings. The lowest BCUT2D eigenvalue weighted by molar-refractivity contribution is 0.414. The third kappa shape index (κ3) is 6.45. The van der Waals surface area contributed by atoms with E-state index in [2.05, 4.69) is 73.8 Å². The molecular weight excluding hydrogens is 282 g/mol. The van der Waals surface area contributed by atoms with Crippen molar-refractivity contribution in [3.05, 3.63) is 65.7 Å². The largest absolute Gasteiger partial charge is 0.497 e. The Kier molecular flexibility index (Phi) is 7.15. The molecule has 2 heteroatoms. The van der Waals surface area contributed by atoms with Crippen LogP contribution in [0, 0.1) is 11.8 Å². The maximum absolute atomic E-state index is 5.25. The highest BCUT2D eigenvalue weighted by Gasteiger charge is 2.11. The summed E-state index contributed by atoms with van der Waals surface area (Å²) in [5.74, 6) is 2.21. The van der Waals surface area contributed by atoms with Crippen molar-refractivity contribution in [2.45, 2.75) is 26.7 Å². The fraction of sp³-hybridized carbons (Fsp3) is 0.429. The summed E-state index contributed by atoms with van der Waals surface area (Å²) in [5.41, 5.74) is 2.79. The summed E-state index contributed by atoms with van der Waals surface area (Å²) in [6, 6.07) is 19.3. The van der Waals surface area contributed by atoms with Crippen LogP contribution in [0.25, 0.3) is 0 Å². The number of methoxy groups -OCH3 is 1. The van der Waals surface area contributed by atoms with Gasteiger partial charge in [0.15, 0.2) is 0 Å². The first-order valence-electron chi connectivity index (χ1n) is 8.55. The second kappa shape index (κ2) is 9.36. The molecule has 0 radical (unpaired) electrons. The molecule has 1 atom stereocenters. The van der Waals surface area contributed by atoms with E-state index in [9.17, 15) is 0 Å². The highest BCUT2D eigenvalue weighted by molar-refractivity contribution is 5.27. The molecular formula is C21H29NO. The van der Waals surface area contributed by atoms with Crippen LogP contribution in [0.3, 0.4) is 0 Å². The second-order valence-electron chi connectivity index (χ2n) is 6.66. The molecule has 0 saturated heterocycles. The monoisotopic (exact) mass is 311 g/mol. The molecule has 2 aromatic rings. The summed E-state index contributed by atoms with van der Waals surface area (Å²) < 4.78 is 5.25. The zero-order valence-electron chi connectivity index (χ0n) is 14.6. The van der Waals surface area contributed by atoms with Crippen molar-refractivity contribution in [1.29, 1.82) is 0 Å². The van der Waals surface area contributed by atoms with E-state index >= 15 is 0 Å². The highest BCUT2D eigenvalue weighted by atomic mass is 16.5. The molecule has 0 fully saturated rings. The van der Waals surface area contributed by atoms with Crippen LogP contribution in [-0.2, 0) is 12.8 Å². The van der Waals surface area contributed by atoms with Gasteiger partial charge in [-0.2, -0.15) is 0 Å². The lowest BCUT2D eigenvalue weighted by Crippen LogP contribution is -2.28. The summed E-state index contributed by atoms with van der Waals surface area (Å²) >= 11 is 0. The van der Waals surface area contributed by atoms with Gasteiger partial charge in [0.1, 0.15) is 5.75 Å². The van der Waals surface area contributed by atoms with E-state index in [1.165, 1.54) is 11.1 Å². The topological polar surface area (TPSA) is 21.3 Å². The Bertz CT molecular complexity index is 548. The summed E-state index contributed by atoms with van der Waals surface area (Å²) in [7, 11) is 1.71. The second-order valence-corrected chi connectivity index (χ2v) is 6.66. The van der Waals surface area contributed by atoms with Crippen LogP contribution >= 0.6 is 0 Å². The van der Waals surface area contributed by atoms with Crippen LogP contribution in [0.4, 0.5) is 0 Å². The van der Waals surface area contributed by atoms with E-state index in [4.69, 9.17) is 4.74 Å². The van der Waals surface area contributed by atoms with E-state index in [1.807, 2.05) is 0 Å². The maximum Gasteiger partial charge on any atom is 0.118 e. The van der Waals surface area contributed by atoms with Crippen molar-refractivity contribution in [3.8, 4) is 5.75 Å². The van der Waals surface area contributed by atoms with E-state index in [-0.39, 0.29) is 0 Å². The number of ether oxygens (including phenoxy) is 1. The first-order valence-corrected chi connectivity index (χ1v) is 8.55. The van der Waals surface area contributed by atoms with Crippen molar-refractivity contribution >= 4 is 0 Å². The third-order valence-electron chi connectivity index (χ3n) is 4.04. The van der Waals surface area contributed by atoms with Gasteiger partial charge in [-0.1, -0.05) is 56.3 Å². The summed E-state index contributed by atoms with van der Waals surface area (Å²) in [6.45, 7) is 6.64. The van der Waals surface area contributed by atoms with Crippen LogP contribution in [0.2, 0.25) is 0 Å². The number of nitrogens with one attached hydrogen (secondary N) is 1. The van der Waals surface area contributed by atoms with Gasteiger partial charge in [0.2, 0.25) is 0 Å².